The third-order valence-electron chi connectivity index (χ3n) is 4.86. The van der Waals surface area contributed by atoms with Crippen LogP contribution in [-0.2, 0) is 16.0 Å². The van der Waals surface area contributed by atoms with Crippen molar-refractivity contribution < 1.29 is 14.3 Å². The van der Waals surface area contributed by atoms with Gasteiger partial charge < -0.3 is 15.4 Å². The summed E-state index contributed by atoms with van der Waals surface area (Å²) in [6, 6.07) is 18.8. The van der Waals surface area contributed by atoms with E-state index in [4.69, 9.17) is 4.74 Å². The zero-order chi connectivity index (χ0) is 20.4. The molecule has 146 valence electrons. The Labute approximate surface area is 168 Å². The number of nitrogens with one attached hydrogen (secondary N) is 2. The fourth-order valence-electron chi connectivity index (χ4n) is 3.47. The molecule has 0 fully saturated rings. The van der Waals surface area contributed by atoms with E-state index in [2.05, 4.69) is 15.6 Å². The second-order valence-electron chi connectivity index (χ2n) is 7.23. The van der Waals surface area contributed by atoms with Crippen LogP contribution < -0.4 is 15.4 Å². The molecule has 29 heavy (non-hydrogen) atoms. The van der Waals surface area contributed by atoms with Gasteiger partial charge in [0.05, 0.1) is 0 Å². The molecule has 1 aromatic heterocycles. The largest absolute Gasteiger partial charge is 0.461 e. The summed E-state index contributed by atoms with van der Waals surface area (Å²) in [5, 5.41) is 5.70. The number of anilines is 2. The van der Waals surface area contributed by atoms with Crippen LogP contribution in [-0.4, -0.2) is 22.4 Å². The van der Waals surface area contributed by atoms with E-state index < -0.39 is 5.60 Å². The van der Waals surface area contributed by atoms with Gasteiger partial charge in [-0.2, -0.15) is 0 Å². The highest BCUT2D eigenvalue weighted by Crippen LogP contribution is 2.40. The molecular formula is C23H21N3O3. The minimum atomic E-state index is -1.06. The minimum Gasteiger partial charge on any atom is -0.461 e. The van der Waals surface area contributed by atoms with E-state index in [0.717, 1.165) is 22.4 Å². The molecule has 0 saturated carbocycles. The van der Waals surface area contributed by atoms with Gasteiger partial charge in [0, 0.05) is 36.5 Å². The van der Waals surface area contributed by atoms with Crippen molar-refractivity contribution in [3.8, 4) is 17.0 Å². The number of ether oxygens (including phenoxy) is 1. The molecular weight excluding hydrogens is 366 g/mol. The average Bonchev–Trinajstić information content (AvgIpc) is 3.06. The molecule has 1 unspecified atom stereocenters. The predicted octanol–water partition coefficient (Wildman–Crippen LogP) is 4.04. The first-order valence-electron chi connectivity index (χ1n) is 9.36. The van der Waals surface area contributed by atoms with Gasteiger partial charge in [-0.05, 0) is 48.4 Å². The molecule has 6 nitrogen and oxygen atoms in total. The number of benzene rings is 2. The van der Waals surface area contributed by atoms with E-state index >= 15 is 0 Å². The number of aromatic nitrogens is 1. The average molecular weight is 387 g/mol. The van der Waals surface area contributed by atoms with E-state index in [1.54, 1.807) is 13.1 Å². The van der Waals surface area contributed by atoms with Crippen molar-refractivity contribution in [3.63, 3.8) is 0 Å². The normalized spacial score (nSPS) is 17.2. The van der Waals surface area contributed by atoms with E-state index in [-0.39, 0.29) is 11.8 Å². The van der Waals surface area contributed by atoms with Gasteiger partial charge in [0.25, 0.3) is 5.91 Å². The second kappa shape index (κ2) is 7.39. The first kappa shape index (κ1) is 18.7. The number of hydrogen-bond donors (Lipinski definition) is 2. The lowest BCUT2D eigenvalue weighted by Crippen LogP contribution is -2.44. The lowest BCUT2D eigenvalue weighted by molar-refractivity contribution is -0.128. The molecule has 0 bridgehead atoms. The van der Waals surface area contributed by atoms with Crippen LogP contribution in [0.4, 0.5) is 11.4 Å². The van der Waals surface area contributed by atoms with Crippen molar-refractivity contribution in [2.45, 2.75) is 25.9 Å². The minimum absolute atomic E-state index is 0.129. The summed E-state index contributed by atoms with van der Waals surface area (Å²) < 4.78 is 5.99. The summed E-state index contributed by atoms with van der Waals surface area (Å²) >= 11 is 0. The predicted molar refractivity (Wildman–Crippen MR) is 112 cm³/mol. The molecule has 1 aliphatic heterocycles. The Morgan fingerprint density at radius 3 is 2.52 bits per heavy atom. The van der Waals surface area contributed by atoms with Crippen molar-refractivity contribution in [3.05, 3.63) is 72.4 Å². The highest BCUT2D eigenvalue weighted by Gasteiger charge is 2.43. The number of hydrogen-bond acceptors (Lipinski definition) is 4. The van der Waals surface area contributed by atoms with Crippen LogP contribution in [0.3, 0.4) is 0 Å². The van der Waals surface area contributed by atoms with Gasteiger partial charge in [-0.1, -0.05) is 30.3 Å². The number of para-hydroxylation sites is 1. The molecule has 3 aromatic rings. The standard InChI is InChI=1S/C23H21N3O3/c1-15(27)25-18-10-6-7-16(13-18)19-11-12-24-21-20(19)14-23(2,29-21)22(28)26-17-8-4-3-5-9-17/h3-13H,14H2,1-2H3,(H,25,27)(H,26,28). The summed E-state index contributed by atoms with van der Waals surface area (Å²) in [6.45, 7) is 3.24. The zero-order valence-electron chi connectivity index (χ0n) is 16.2. The molecule has 2 heterocycles. The lowest BCUT2D eigenvalue weighted by atomic mass is 9.93. The van der Waals surface area contributed by atoms with Crippen molar-refractivity contribution >= 4 is 23.2 Å². The molecule has 0 saturated heterocycles. The van der Waals surface area contributed by atoms with E-state index in [9.17, 15) is 9.59 Å². The van der Waals surface area contributed by atoms with Crippen LogP contribution in [0.5, 0.6) is 5.88 Å². The Morgan fingerprint density at radius 2 is 1.76 bits per heavy atom. The molecule has 0 aliphatic carbocycles. The number of carbonyl (C=O) groups is 2. The molecule has 4 rings (SSSR count). The molecule has 1 atom stereocenters. The van der Waals surface area contributed by atoms with Gasteiger partial charge in [0.1, 0.15) is 0 Å². The fraction of sp³-hybridized carbons (Fsp3) is 0.174. The van der Waals surface area contributed by atoms with Gasteiger partial charge >= 0.3 is 0 Å². The summed E-state index contributed by atoms with van der Waals surface area (Å²) in [6.07, 6.45) is 2.06. The van der Waals surface area contributed by atoms with Crippen molar-refractivity contribution in [2.75, 3.05) is 10.6 Å². The number of carbonyl (C=O) groups excluding carboxylic acids is 2. The Balaban J connectivity index is 1.62. The highest BCUT2D eigenvalue weighted by molar-refractivity contribution is 5.98. The lowest BCUT2D eigenvalue weighted by Gasteiger charge is -2.22. The Hall–Kier alpha value is -3.67. The smallest absolute Gasteiger partial charge is 0.268 e. The van der Waals surface area contributed by atoms with Crippen molar-refractivity contribution in [2.24, 2.45) is 0 Å². The number of nitrogens with zero attached hydrogens (tertiary/aromatic N) is 1. The van der Waals surface area contributed by atoms with Gasteiger partial charge in [0.15, 0.2) is 5.60 Å². The quantitative estimate of drug-likeness (QED) is 0.708. The summed E-state index contributed by atoms with van der Waals surface area (Å²) in [7, 11) is 0. The van der Waals surface area contributed by atoms with Crippen LogP contribution in [0, 0.1) is 0 Å². The fourth-order valence-corrected chi connectivity index (χ4v) is 3.47. The zero-order valence-corrected chi connectivity index (χ0v) is 16.2. The van der Waals surface area contributed by atoms with E-state index in [1.807, 2.05) is 60.7 Å². The second-order valence-corrected chi connectivity index (χ2v) is 7.23. The van der Waals surface area contributed by atoms with Crippen molar-refractivity contribution in [1.82, 2.24) is 4.98 Å². The maximum Gasteiger partial charge on any atom is 0.268 e. The summed E-state index contributed by atoms with van der Waals surface area (Å²) in [4.78, 5) is 28.6. The Morgan fingerprint density at radius 1 is 1.00 bits per heavy atom. The first-order valence-corrected chi connectivity index (χ1v) is 9.36. The van der Waals surface area contributed by atoms with Gasteiger partial charge in [-0.3, -0.25) is 9.59 Å². The van der Waals surface area contributed by atoms with Crippen LogP contribution >= 0.6 is 0 Å². The number of fused-ring (bicyclic) bond motifs is 1. The molecule has 2 N–H and O–H groups in total. The van der Waals surface area contributed by atoms with E-state index in [0.29, 0.717) is 18.0 Å². The first-order chi connectivity index (χ1) is 13.9. The molecule has 2 amide bonds. The van der Waals surface area contributed by atoms with Crippen LogP contribution in [0.15, 0.2) is 66.9 Å². The molecule has 6 heteroatoms. The maximum atomic E-state index is 12.9. The monoisotopic (exact) mass is 387 g/mol. The topological polar surface area (TPSA) is 80.3 Å². The third kappa shape index (κ3) is 3.82. The van der Waals surface area contributed by atoms with Crippen LogP contribution in [0.25, 0.3) is 11.1 Å². The Kier molecular flexibility index (Phi) is 4.76. The van der Waals surface area contributed by atoms with Gasteiger partial charge in [-0.15, -0.1) is 0 Å². The Bertz CT molecular complexity index is 1080. The van der Waals surface area contributed by atoms with Crippen molar-refractivity contribution in [1.29, 1.82) is 0 Å². The summed E-state index contributed by atoms with van der Waals surface area (Å²) in [5.74, 6) is 0.105. The van der Waals surface area contributed by atoms with Crippen LogP contribution in [0.2, 0.25) is 0 Å². The third-order valence-corrected chi connectivity index (χ3v) is 4.86. The van der Waals surface area contributed by atoms with Gasteiger partial charge in [0.2, 0.25) is 11.8 Å². The van der Waals surface area contributed by atoms with Crippen LogP contribution in [0.1, 0.15) is 19.4 Å². The molecule has 0 spiro atoms. The number of rotatable bonds is 4. The molecule has 1 aliphatic rings. The number of amides is 2. The summed E-state index contributed by atoms with van der Waals surface area (Å²) in [5.41, 5.74) is 3.10. The SMILES string of the molecule is CC(=O)Nc1cccc(-c2ccnc3c2CC(C)(C(=O)Nc2ccccc2)O3)c1. The van der Waals surface area contributed by atoms with Gasteiger partial charge in [-0.25, -0.2) is 4.98 Å². The highest BCUT2D eigenvalue weighted by atomic mass is 16.5. The van der Waals surface area contributed by atoms with E-state index in [1.165, 1.54) is 6.92 Å². The number of pyridine rings is 1. The maximum absolute atomic E-state index is 12.9. The molecule has 0 radical (unpaired) electrons. The molecule has 2 aromatic carbocycles.